The molecule has 0 unspecified atom stereocenters. The van der Waals surface area contributed by atoms with Gasteiger partial charge in [0.25, 0.3) is 5.69 Å². The van der Waals surface area contributed by atoms with Crippen LogP contribution in [0, 0.1) is 14.9 Å². The molecule has 0 aliphatic heterocycles. The molecule has 0 saturated heterocycles. The monoisotopic (exact) mass is 385 g/mol. The van der Waals surface area contributed by atoms with Crippen molar-refractivity contribution in [3.63, 3.8) is 0 Å². The van der Waals surface area contributed by atoms with Crippen molar-refractivity contribution in [3.8, 4) is 5.69 Å². The van der Waals surface area contributed by atoms with E-state index in [1.54, 1.807) is 21.3 Å². The molecule has 0 radical (unpaired) electrons. The summed E-state index contributed by atoms with van der Waals surface area (Å²) in [6.07, 6.45) is 0. The number of nitrogens with zero attached hydrogens (tertiary/aromatic N) is 4. The SMILES string of the molecule is O=c1sc2ccccc2n1Cc1n[nH]c(=S)n1-c1ccc([N+](=O)[O-])cc1. The van der Waals surface area contributed by atoms with Crippen molar-refractivity contribution in [2.45, 2.75) is 6.54 Å². The molecule has 130 valence electrons. The van der Waals surface area contributed by atoms with Crippen LogP contribution in [0.3, 0.4) is 0 Å². The molecule has 0 amide bonds. The molecule has 4 rings (SSSR count). The molecule has 2 heterocycles. The first-order chi connectivity index (χ1) is 12.5. The molecule has 0 fully saturated rings. The quantitative estimate of drug-likeness (QED) is 0.330. The molecule has 26 heavy (non-hydrogen) atoms. The van der Waals surface area contributed by atoms with Crippen molar-refractivity contribution in [1.82, 2.24) is 19.3 Å². The predicted molar refractivity (Wildman–Crippen MR) is 101 cm³/mol. The number of H-pyrrole nitrogens is 1. The van der Waals surface area contributed by atoms with E-state index in [1.807, 2.05) is 24.3 Å². The highest BCUT2D eigenvalue weighted by Gasteiger charge is 2.14. The van der Waals surface area contributed by atoms with Crippen LogP contribution in [0.25, 0.3) is 15.9 Å². The maximum atomic E-state index is 12.4. The Bertz CT molecular complexity index is 1230. The standard InChI is InChI=1S/C16H11N5O3S2/c22-16-19(12-3-1-2-4-13(12)26-16)9-14-17-18-15(25)20(14)10-5-7-11(8-6-10)21(23)24/h1-8H,9H2,(H,18,25). The van der Waals surface area contributed by atoms with Crippen molar-refractivity contribution < 1.29 is 4.92 Å². The van der Waals surface area contributed by atoms with Gasteiger partial charge in [-0.3, -0.25) is 29.1 Å². The number of hydrogen-bond acceptors (Lipinski definition) is 6. The van der Waals surface area contributed by atoms with E-state index >= 15 is 0 Å². The molecular formula is C16H11N5O3S2. The first-order valence-corrected chi connectivity index (χ1v) is 8.76. The lowest BCUT2D eigenvalue weighted by molar-refractivity contribution is -0.384. The summed E-state index contributed by atoms with van der Waals surface area (Å²) in [4.78, 5) is 22.6. The lowest BCUT2D eigenvalue weighted by Crippen LogP contribution is -2.16. The van der Waals surface area contributed by atoms with Crippen LogP contribution in [0.5, 0.6) is 0 Å². The molecule has 0 atom stereocenters. The number of benzene rings is 2. The van der Waals surface area contributed by atoms with Crippen molar-refractivity contribution in [2.24, 2.45) is 0 Å². The van der Waals surface area contributed by atoms with Crippen molar-refractivity contribution in [1.29, 1.82) is 0 Å². The van der Waals surface area contributed by atoms with E-state index in [9.17, 15) is 14.9 Å². The largest absolute Gasteiger partial charge is 0.308 e. The van der Waals surface area contributed by atoms with E-state index in [-0.39, 0.29) is 17.1 Å². The number of hydrogen-bond donors (Lipinski definition) is 1. The molecule has 0 aliphatic carbocycles. The van der Waals surface area contributed by atoms with Crippen molar-refractivity contribution in [3.05, 3.63) is 78.9 Å². The summed E-state index contributed by atoms with van der Waals surface area (Å²) in [5.41, 5.74) is 1.45. The molecule has 4 aromatic rings. The number of nitro benzene ring substituents is 1. The summed E-state index contributed by atoms with van der Waals surface area (Å²) in [6, 6.07) is 13.5. The number of nitro groups is 1. The molecule has 0 aliphatic rings. The van der Waals surface area contributed by atoms with Crippen LogP contribution < -0.4 is 4.87 Å². The van der Waals surface area contributed by atoms with Crippen LogP contribution in [-0.2, 0) is 6.54 Å². The van der Waals surface area contributed by atoms with Gasteiger partial charge in [0.2, 0.25) is 0 Å². The molecule has 10 heteroatoms. The fraction of sp³-hybridized carbons (Fsp3) is 0.0625. The van der Waals surface area contributed by atoms with E-state index in [0.717, 1.165) is 10.2 Å². The molecule has 0 saturated carbocycles. The molecule has 1 N–H and O–H groups in total. The average Bonchev–Trinajstić information content (AvgIpc) is 3.15. The number of nitrogens with one attached hydrogen (secondary N) is 1. The predicted octanol–water partition coefficient (Wildman–Crippen LogP) is 3.26. The first-order valence-electron chi connectivity index (χ1n) is 7.54. The van der Waals surface area contributed by atoms with Crippen LogP contribution >= 0.6 is 23.6 Å². The third-order valence-electron chi connectivity index (χ3n) is 3.93. The minimum Gasteiger partial charge on any atom is -0.291 e. The zero-order valence-electron chi connectivity index (χ0n) is 13.2. The van der Waals surface area contributed by atoms with E-state index in [2.05, 4.69) is 10.2 Å². The van der Waals surface area contributed by atoms with Crippen LogP contribution in [0.15, 0.2) is 53.3 Å². The zero-order valence-corrected chi connectivity index (χ0v) is 14.8. The number of thiazole rings is 1. The molecule has 0 spiro atoms. The first kappa shape index (κ1) is 16.4. The van der Waals surface area contributed by atoms with Gasteiger partial charge in [0.1, 0.15) is 0 Å². The maximum Gasteiger partial charge on any atom is 0.308 e. The Balaban J connectivity index is 1.79. The number of aromatic nitrogens is 4. The van der Waals surface area contributed by atoms with Gasteiger partial charge >= 0.3 is 4.87 Å². The van der Waals surface area contributed by atoms with Gasteiger partial charge in [-0.25, -0.2) is 0 Å². The Morgan fingerprint density at radius 1 is 1.19 bits per heavy atom. The molecule has 8 nitrogen and oxygen atoms in total. The average molecular weight is 385 g/mol. The van der Waals surface area contributed by atoms with Gasteiger partial charge in [-0.15, -0.1) is 0 Å². The Hall–Kier alpha value is -3.11. The van der Waals surface area contributed by atoms with Crippen molar-refractivity contribution in [2.75, 3.05) is 0 Å². The highest BCUT2D eigenvalue weighted by atomic mass is 32.1. The lowest BCUT2D eigenvalue weighted by Gasteiger charge is -2.08. The fourth-order valence-electron chi connectivity index (χ4n) is 2.73. The summed E-state index contributed by atoms with van der Waals surface area (Å²) in [5.74, 6) is 0.537. The Kier molecular flexibility index (Phi) is 3.98. The second-order valence-electron chi connectivity index (χ2n) is 5.48. The summed E-state index contributed by atoms with van der Waals surface area (Å²) in [7, 11) is 0. The van der Waals surface area contributed by atoms with Gasteiger partial charge in [-0.1, -0.05) is 23.5 Å². The molecule has 2 aromatic carbocycles. The van der Waals surface area contributed by atoms with E-state index in [1.165, 1.54) is 23.5 Å². The van der Waals surface area contributed by atoms with Gasteiger partial charge < -0.3 is 0 Å². The smallest absolute Gasteiger partial charge is 0.291 e. The van der Waals surface area contributed by atoms with Gasteiger partial charge in [-0.2, -0.15) is 5.10 Å². The normalized spacial score (nSPS) is 11.1. The van der Waals surface area contributed by atoms with Gasteiger partial charge in [0, 0.05) is 12.1 Å². The second-order valence-corrected chi connectivity index (χ2v) is 6.86. The van der Waals surface area contributed by atoms with E-state index < -0.39 is 4.92 Å². The number of aromatic amines is 1. The van der Waals surface area contributed by atoms with Crippen LogP contribution in [0.2, 0.25) is 0 Å². The summed E-state index contributed by atoms with van der Waals surface area (Å²) < 4.78 is 4.54. The van der Waals surface area contributed by atoms with E-state index in [4.69, 9.17) is 12.2 Å². The molecule has 2 aromatic heterocycles. The highest BCUT2D eigenvalue weighted by molar-refractivity contribution is 7.71. The van der Waals surface area contributed by atoms with Crippen LogP contribution in [0.4, 0.5) is 5.69 Å². The number of para-hydroxylation sites is 1. The topological polar surface area (TPSA) is 98.8 Å². The second kappa shape index (κ2) is 6.32. The lowest BCUT2D eigenvalue weighted by atomic mass is 10.3. The minimum absolute atomic E-state index is 0.00892. The van der Waals surface area contributed by atoms with E-state index in [0.29, 0.717) is 16.3 Å². The zero-order chi connectivity index (χ0) is 18.3. The van der Waals surface area contributed by atoms with Gasteiger partial charge in [0.05, 0.1) is 27.4 Å². The number of non-ortho nitro benzene ring substituents is 1. The summed E-state index contributed by atoms with van der Waals surface area (Å²) >= 11 is 6.46. The van der Waals surface area contributed by atoms with Crippen molar-refractivity contribution >= 4 is 39.5 Å². The van der Waals surface area contributed by atoms with Gasteiger partial charge in [-0.05, 0) is 36.5 Å². The number of rotatable bonds is 4. The Labute approximate surface area is 155 Å². The third kappa shape index (κ3) is 2.74. The Morgan fingerprint density at radius 2 is 1.92 bits per heavy atom. The van der Waals surface area contributed by atoms with Crippen LogP contribution in [0.1, 0.15) is 5.82 Å². The molecular weight excluding hydrogens is 374 g/mol. The minimum atomic E-state index is -0.462. The summed E-state index contributed by atoms with van der Waals surface area (Å²) in [6.45, 7) is 0.229. The highest BCUT2D eigenvalue weighted by Crippen LogP contribution is 2.20. The number of fused-ring (bicyclic) bond motifs is 1. The third-order valence-corrected chi connectivity index (χ3v) is 5.17. The molecule has 0 bridgehead atoms. The maximum absolute atomic E-state index is 12.4. The fourth-order valence-corrected chi connectivity index (χ4v) is 3.88. The van der Waals surface area contributed by atoms with Crippen LogP contribution in [-0.4, -0.2) is 24.3 Å². The summed E-state index contributed by atoms with van der Waals surface area (Å²) in [5, 5.41) is 17.8. The Morgan fingerprint density at radius 3 is 2.65 bits per heavy atom. The van der Waals surface area contributed by atoms with Gasteiger partial charge in [0.15, 0.2) is 10.6 Å².